The Morgan fingerprint density at radius 2 is 1.72 bits per heavy atom. The van der Waals surface area contributed by atoms with Crippen molar-refractivity contribution in [1.29, 1.82) is 0 Å². The molecule has 1 aliphatic heterocycles. The van der Waals surface area contributed by atoms with Gasteiger partial charge >= 0.3 is 5.97 Å². The van der Waals surface area contributed by atoms with Crippen LogP contribution in [0.1, 0.15) is 30.0 Å². The van der Waals surface area contributed by atoms with Crippen LogP contribution in [0, 0.1) is 0 Å². The van der Waals surface area contributed by atoms with Crippen molar-refractivity contribution in [3.8, 4) is 0 Å². The fourth-order valence-corrected chi connectivity index (χ4v) is 3.40. The first-order valence-corrected chi connectivity index (χ1v) is 9.88. The van der Waals surface area contributed by atoms with E-state index >= 15 is 0 Å². The van der Waals surface area contributed by atoms with Crippen molar-refractivity contribution in [2.75, 3.05) is 13.1 Å². The first kappa shape index (κ1) is 20.6. The lowest BCUT2D eigenvalue weighted by molar-refractivity contribution is -0.159. The lowest BCUT2D eigenvalue weighted by Gasteiger charge is -2.30. The predicted molar refractivity (Wildman–Crippen MR) is 109 cm³/mol. The molecule has 2 aromatic carbocycles. The first-order valence-electron chi connectivity index (χ1n) is 9.88. The van der Waals surface area contributed by atoms with Crippen molar-refractivity contribution in [1.82, 2.24) is 10.2 Å². The standard InChI is InChI=1S/C23H26N2O4/c1-17(23(28)25-14-12-19-9-5-6-10-20(19)16-25)29-22(27)11-13-24-21(26)15-18-7-3-2-4-8-18/h2-10,17H,11-16H2,1H3,(H,24,26). The number of rotatable bonds is 7. The summed E-state index contributed by atoms with van der Waals surface area (Å²) >= 11 is 0. The number of nitrogens with one attached hydrogen (secondary N) is 1. The number of fused-ring (bicyclic) bond motifs is 1. The molecule has 2 aromatic rings. The minimum Gasteiger partial charge on any atom is -0.452 e. The van der Waals surface area contributed by atoms with Gasteiger partial charge < -0.3 is 15.0 Å². The van der Waals surface area contributed by atoms with Gasteiger partial charge in [-0.1, -0.05) is 54.6 Å². The van der Waals surface area contributed by atoms with Gasteiger partial charge in [0.1, 0.15) is 0 Å². The van der Waals surface area contributed by atoms with Crippen molar-refractivity contribution in [3.63, 3.8) is 0 Å². The van der Waals surface area contributed by atoms with E-state index in [1.54, 1.807) is 11.8 Å². The third kappa shape index (κ3) is 5.91. The molecule has 3 rings (SSSR count). The molecule has 0 fully saturated rings. The van der Waals surface area contributed by atoms with E-state index in [0.29, 0.717) is 13.1 Å². The van der Waals surface area contributed by atoms with Gasteiger partial charge in [0, 0.05) is 19.6 Å². The zero-order chi connectivity index (χ0) is 20.6. The first-order chi connectivity index (χ1) is 14.0. The van der Waals surface area contributed by atoms with Crippen LogP contribution in [0.5, 0.6) is 0 Å². The average Bonchev–Trinajstić information content (AvgIpc) is 2.73. The molecule has 1 unspecified atom stereocenters. The number of hydrogen-bond acceptors (Lipinski definition) is 4. The fourth-order valence-electron chi connectivity index (χ4n) is 3.40. The molecular weight excluding hydrogens is 368 g/mol. The predicted octanol–water partition coefficient (Wildman–Crippen LogP) is 2.25. The molecule has 0 bridgehead atoms. The molecule has 1 aliphatic rings. The molecule has 1 heterocycles. The van der Waals surface area contributed by atoms with Crippen LogP contribution in [0.15, 0.2) is 54.6 Å². The van der Waals surface area contributed by atoms with Gasteiger partial charge in [-0.25, -0.2) is 0 Å². The van der Waals surface area contributed by atoms with Crippen LogP contribution >= 0.6 is 0 Å². The van der Waals surface area contributed by atoms with E-state index in [4.69, 9.17) is 4.74 Å². The van der Waals surface area contributed by atoms with Gasteiger partial charge in [-0.3, -0.25) is 14.4 Å². The van der Waals surface area contributed by atoms with E-state index in [9.17, 15) is 14.4 Å². The summed E-state index contributed by atoms with van der Waals surface area (Å²) in [6, 6.07) is 17.4. The second kappa shape index (κ2) is 9.87. The average molecular weight is 394 g/mol. The van der Waals surface area contributed by atoms with Crippen molar-refractivity contribution in [2.24, 2.45) is 0 Å². The topological polar surface area (TPSA) is 75.7 Å². The smallest absolute Gasteiger partial charge is 0.308 e. The Balaban J connectivity index is 1.39. The number of carbonyl (C=O) groups excluding carboxylic acids is 3. The summed E-state index contributed by atoms with van der Waals surface area (Å²) in [5, 5.41) is 2.70. The van der Waals surface area contributed by atoms with Crippen LogP contribution in [-0.4, -0.2) is 41.9 Å². The number of esters is 1. The maximum Gasteiger partial charge on any atom is 0.308 e. The maximum atomic E-state index is 12.6. The highest BCUT2D eigenvalue weighted by Crippen LogP contribution is 2.19. The third-order valence-corrected chi connectivity index (χ3v) is 4.96. The molecule has 0 radical (unpaired) electrons. The number of ether oxygens (including phenoxy) is 1. The van der Waals surface area contributed by atoms with Crippen LogP contribution in [0.3, 0.4) is 0 Å². The van der Waals surface area contributed by atoms with Gasteiger partial charge in [-0.05, 0) is 30.0 Å². The minimum absolute atomic E-state index is 0.0288. The normalized spacial score (nSPS) is 13.9. The Bertz CT molecular complexity index is 866. The zero-order valence-corrected chi connectivity index (χ0v) is 16.6. The SMILES string of the molecule is CC(OC(=O)CCNC(=O)Cc1ccccc1)C(=O)N1CCc2ccccc2C1. The van der Waals surface area contributed by atoms with E-state index in [1.807, 2.05) is 48.5 Å². The van der Waals surface area contributed by atoms with Gasteiger partial charge in [0.05, 0.1) is 12.8 Å². The van der Waals surface area contributed by atoms with Crippen molar-refractivity contribution in [2.45, 2.75) is 38.8 Å². The zero-order valence-electron chi connectivity index (χ0n) is 16.6. The molecule has 6 nitrogen and oxygen atoms in total. The lowest BCUT2D eigenvalue weighted by atomic mass is 9.99. The Labute approximate surface area is 170 Å². The van der Waals surface area contributed by atoms with Gasteiger partial charge in [0.15, 0.2) is 6.10 Å². The molecule has 0 saturated heterocycles. The lowest BCUT2D eigenvalue weighted by Crippen LogP contribution is -2.42. The second-order valence-corrected chi connectivity index (χ2v) is 7.17. The second-order valence-electron chi connectivity index (χ2n) is 7.17. The van der Waals surface area contributed by atoms with Gasteiger partial charge in [-0.2, -0.15) is 0 Å². The quantitative estimate of drug-likeness (QED) is 0.731. The van der Waals surface area contributed by atoms with Gasteiger partial charge in [0.2, 0.25) is 5.91 Å². The number of nitrogens with zero attached hydrogens (tertiary/aromatic N) is 1. The number of hydrogen-bond donors (Lipinski definition) is 1. The molecule has 1 N–H and O–H groups in total. The molecule has 1 atom stereocenters. The van der Waals surface area contributed by atoms with Crippen LogP contribution < -0.4 is 5.32 Å². The Kier molecular flexibility index (Phi) is 7.00. The molecular formula is C23H26N2O4. The number of benzene rings is 2. The van der Waals surface area contributed by atoms with Crippen LogP contribution in [0.25, 0.3) is 0 Å². The van der Waals surface area contributed by atoms with E-state index in [0.717, 1.165) is 17.5 Å². The molecule has 0 aromatic heterocycles. The summed E-state index contributed by atoms with van der Waals surface area (Å²) in [5.41, 5.74) is 3.30. The molecule has 0 spiro atoms. The molecule has 29 heavy (non-hydrogen) atoms. The van der Waals surface area contributed by atoms with Crippen molar-refractivity contribution >= 4 is 17.8 Å². The van der Waals surface area contributed by atoms with Crippen LogP contribution in [0.4, 0.5) is 0 Å². The molecule has 2 amide bonds. The largest absolute Gasteiger partial charge is 0.452 e. The minimum atomic E-state index is -0.840. The monoisotopic (exact) mass is 394 g/mol. The van der Waals surface area contributed by atoms with Crippen LogP contribution in [-0.2, 0) is 38.5 Å². The van der Waals surface area contributed by atoms with Gasteiger partial charge in [-0.15, -0.1) is 0 Å². The van der Waals surface area contributed by atoms with Crippen LogP contribution in [0.2, 0.25) is 0 Å². The molecule has 0 saturated carbocycles. The Morgan fingerprint density at radius 1 is 1.03 bits per heavy atom. The summed E-state index contributed by atoms with van der Waals surface area (Å²) in [7, 11) is 0. The van der Waals surface area contributed by atoms with E-state index < -0.39 is 12.1 Å². The summed E-state index contributed by atoms with van der Waals surface area (Å²) in [4.78, 5) is 38.3. The Morgan fingerprint density at radius 3 is 2.48 bits per heavy atom. The summed E-state index contributed by atoms with van der Waals surface area (Å²) in [6.45, 7) is 2.93. The number of carbonyl (C=O) groups is 3. The molecule has 152 valence electrons. The summed E-state index contributed by atoms with van der Waals surface area (Å²) in [5.74, 6) is -0.843. The highest BCUT2D eigenvalue weighted by molar-refractivity contribution is 5.84. The van der Waals surface area contributed by atoms with Crippen molar-refractivity contribution < 1.29 is 19.1 Å². The van der Waals surface area contributed by atoms with E-state index in [-0.39, 0.29) is 31.2 Å². The third-order valence-electron chi connectivity index (χ3n) is 4.96. The van der Waals surface area contributed by atoms with E-state index in [2.05, 4.69) is 11.4 Å². The number of amides is 2. The van der Waals surface area contributed by atoms with Crippen molar-refractivity contribution in [3.05, 3.63) is 71.3 Å². The Hall–Kier alpha value is -3.15. The summed E-state index contributed by atoms with van der Waals surface area (Å²) in [6.07, 6.45) is 0.255. The van der Waals surface area contributed by atoms with E-state index in [1.165, 1.54) is 5.56 Å². The highest BCUT2D eigenvalue weighted by atomic mass is 16.5. The maximum absolute atomic E-state index is 12.6. The van der Waals surface area contributed by atoms with Gasteiger partial charge in [0.25, 0.3) is 5.91 Å². The molecule has 6 heteroatoms. The highest BCUT2D eigenvalue weighted by Gasteiger charge is 2.26. The fraction of sp³-hybridized carbons (Fsp3) is 0.348. The molecule has 0 aliphatic carbocycles. The summed E-state index contributed by atoms with van der Waals surface area (Å²) < 4.78 is 5.27.